The topological polar surface area (TPSA) is 146 Å². The van der Waals surface area contributed by atoms with E-state index in [0.717, 1.165) is 17.5 Å². The second-order valence-corrected chi connectivity index (χ2v) is 12.5. The highest BCUT2D eigenvalue weighted by atomic mass is 32.1. The van der Waals surface area contributed by atoms with Gasteiger partial charge in [0.15, 0.2) is 11.6 Å². The highest BCUT2D eigenvalue weighted by Crippen LogP contribution is 2.46. The Morgan fingerprint density at radius 2 is 2.05 bits per heavy atom. The predicted octanol–water partition coefficient (Wildman–Crippen LogP) is 4.98. The van der Waals surface area contributed by atoms with Crippen LogP contribution >= 0.6 is 11.3 Å². The fourth-order valence-electron chi connectivity index (χ4n) is 5.48. The molecule has 0 saturated carbocycles. The maximum absolute atomic E-state index is 16.9. The van der Waals surface area contributed by atoms with Crippen LogP contribution in [0.3, 0.4) is 0 Å². The monoisotopic (exact) mass is 629 g/mol. The number of halogens is 2. The minimum absolute atomic E-state index is 0.0152. The van der Waals surface area contributed by atoms with E-state index in [1.54, 1.807) is 20.8 Å². The molecule has 44 heavy (non-hydrogen) atoms. The van der Waals surface area contributed by atoms with Gasteiger partial charge in [-0.3, -0.25) is 10.3 Å². The second-order valence-electron chi connectivity index (χ2n) is 11.5. The number of nitrogens with zero attached hydrogens (tertiary/aromatic N) is 5. The van der Waals surface area contributed by atoms with Crippen molar-refractivity contribution in [1.82, 2.24) is 20.3 Å². The largest absolute Gasteiger partial charge is 0.444 e. The number of aliphatic hydroxyl groups excluding tert-OH is 1. The van der Waals surface area contributed by atoms with Crippen molar-refractivity contribution in [3.05, 3.63) is 40.7 Å². The number of nitrogens with one attached hydrogen (secondary N) is 2. The molecule has 1 amide bonds. The second kappa shape index (κ2) is 11.2. The summed E-state index contributed by atoms with van der Waals surface area (Å²) in [6.45, 7) is -0.993. The molecule has 3 aromatic heterocycles. The Balaban J connectivity index is 1.44. The van der Waals surface area contributed by atoms with Crippen molar-refractivity contribution in [2.75, 3.05) is 23.3 Å². The molecule has 2 aliphatic heterocycles. The van der Waals surface area contributed by atoms with E-state index >= 15 is 8.78 Å². The van der Waals surface area contributed by atoms with Crippen LogP contribution in [0.1, 0.15) is 59.4 Å². The standard InChI is InChI=1S/C30H31F2N7O4S/c1-13(2)36-19-9-39(10-20(19)40)28-35-7-15-16-11-42-12-17(16)21(23(32)24(15)37-28)25-22-14(6-33)27(38-29(41)43-30(3,4)5)44-26(22)18(31)8-34-25/h7-8,13,19-20,36,40H,9-12H2,1-5H3,(H,38,41)/t19-,20-/m1/s1/i1D3,2D3. The molecule has 11 nitrogen and oxygen atoms in total. The highest BCUT2D eigenvalue weighted by Gasteiger charge is 2.35. The average Bonchev–Trinajstić information content (AvgIpc) is 3.72. The van der Waals surface area contributed by atoms with Crippen molar-refractivity contribution < 1.29 is 36.4 Å². The van der Waals surface area contributed by atoms with Crippen molar-refractivity contribution >= 4 is 49.4 Å². The van der Waals surface area contributed by atoms with Gasteiger partial charge in [-0.1, -0.05) is 13.7 Å². The first-order valence-electron chi connectivity index (χ1n) is 16.6. The number of benzene rings is 1. The lowest BCUT2D eigenvalue weighted by molar-refractivity contribution is 0.0636. The van der Waals surface area contributed by atoms with Crippen LogP contribution in [0.4, 0.5) is 24.5 Å². The highest BCUT2D eigenvalue weighted by molar-refractivity contribution is 7.23. The van der Waals surface area contributed by atoms with Gasteiger partial charge in [-0.15, -0.1) is 11.3 Å². The Morgan fingerprint density at radius 1 is 1.27 bits per heavy atom. The Labute approximate surface area is 264 Å². The molecule has 2 atom stereocenters. The summed E-state index contributed by atoms with van der Waals surface area (Å²) >= 11 is 0.772. The van der Waals surface area contributed by atoms with Gasteiger partial charge in [0.25, 0.3) is 0 Å². The minimum atomic E-state index is -2.89. The third-order valence-electron chi connectivity index (χ3n) is 7.27. The van der Waals surface area contributed by atoms with Gasteiger partial charge in [-0.25, -0.2) is 23.5 Å². The fourth-order valence-corrected chi connectivity index (χ4v) is 6.52. The van der Waals surface area contributed by atoms with Crippen LogP contribution in [0.25, 0.3) is 32.2 Å². The molecule has 230 valence electrons. The van der Waals surface area contributed by atoms with Gasteiger partial charge in [0.1, 0.15) is 22.2 Å². The Hall–Kier alpha value is -4.03. The zero-order chi connectivity index (χ0) is 36.5. The van der Waals surface area contributed by atoms with Gasteiger partial charge < -0.3 is 24.8 Å². The summed E-state index contributed by atoms with van der Waals surface area (Å²) in [5.74, 6) is -1.70. The third-order valence-corrected chi connectivity index (χ3v) is 8.39. The van der Waals surface area contributed by atoms with E-state index in [9.17, 15) is 15.2 Å². The fraction of sp³-hybridized carbons (Fsp3) is 0.433. The van der Waals surface area contributed by atoms with E-state index in [0.29, 0.717) is 16.5 Å². The first kappa shape index (κ1) is 23.4. The van der Waals surface area contributed by atoms with Gasteiger partial charge in [0, 0.05) is 49.9 Å². The smallest absolute Gasteiger partial charge is 0.412 e. The van der Waals surface area contributed by atoms with Gasteiger partial charge >= 0.3 is 6.09 Å². The number of carbonyl (C=O) groups excluding carboxylic acids is 1. The molecular formula is C30H31F2N7O4S. The molecule has 0 bridgehead atoms. The summed E-state index contributed by atoms with van der Waals surface area (Å²) in [6, 6.07) is -0.919. The first-order chi connectivity index (χ1) is 23.3. The molecule has 1 fully saturated rings. The van der Waals surface area contributed by atoms with Crippen LogP contribution in [0.5, 0.6) is 0 Å². The van der Waals surface area contributed by atoms with Crippen molar-refractivity contribution in [1.29, 1.82) is 5.26 Å². The Kier molecular flexibility index (Phi) is 5.92. The molecule has 14 heteroatoms. The average molecular weight is 630 g/mol. The number of rotatable bonds is 5. The zero-order valence-electron chi connectivity index (χ0n) is 29.8. The lowest BCUT2D eigenvalue weighted by Crippen LogP contribution is -2.42. The van der Waals surface area contributed by atoms with Crippen molar-refractivity contribution in [3.8, 4) is 17.3 Å². The number of aromatic nitrogens is 3. The predicted molar refractivity (Wildman–Crippen MR) is 161 cm³/mol. The molecule has 1 saturated heterocycles. The van der Waals surface area contributed by atoms with Crippen molar-refractivity contribution in [2.45, 2.75) is 71.5 Å². The lowest BCUT2D eigenvalue weighted by Gasteiger charge is -2.19. The molecule has 4 aromatic rings. The van der Waals surface area contributed by atoms with Crippen LogP contribution in [0.2, 0.25) is 0 Å². The van der Waals surface area contributed by atoms with E-state index in [1.165, 1.54) is 11.1 Å². The number of hydrogen-bond donors (Lipinski definition) is 3. The number of nitriles is 1. The van der Waals surface area contributed by atoms with Crippen molar-refractivity contribution in [2.24, 2.45) is 0 Å². The van der Waals surface area contributed by atoms with Gasteiger partial charge in [0.05, 0.1) is 47.5 Å². The quantitative estimate of drug-likeness (QED) is 0.276. The molecular weight excluding hydrogens is 592 g/mol. The van der Waals surface area contributed by atoms with Crippen LogP contribution < -0.4 is 15.5 Å². The lowest BCUT2D eigenvalue weighted by atomic mass is 9.94. The first-order valence-corrected chi connectivity index (χ1v) is 14.4. The third kappa shape index (κ3) is 5.30. The van der Waals surface area contributed by atoms with Gasteiger partial charge in [-0.2, -0.15) is 5.26 Å². The maximum Gasteiger partial charge on any atom is 0.412 e. The van der Waals surface area contributed by atoms with Crippen molar-refractivity contribution in [3.63, 3.8) is 0 Å². The molecule has 5 heterocycles. The molecule has 0 aliphatic carbocycles. The maximum atomic E-state index is 16.9. The van der Waals surface area contributed by atoms with Gasteiger partial charge in [-0.05, 0) is 31.9 Å². The van der Waals surface area contributed by atoms with Crippen LogP contribution in [-0.4, -0.2) is 63.0 Å². The number of carbonyl (C=O) groups is 1. The van der Waals surface area contributed by atoms with E-state index in [2.05, 4.69) is 25.6 Å². The normalized spacial score (nSPS) is 20.9. The van der Waals surface area contributed by atoms with Crippen LogP contribution in [0.15, 0.2) is 12.4 Å². The van der Waals surface area contributed by atoms with Crippen LogP contribution in [0, 0.1) is 23.0 Å². The summed E-state index contributed by atoms with van der Waals surface area (Å²) in [5.41, 5.74) is -0.393. The van der Waals surface area contributed by atoms with E-state index in [1.807, 2.05) is 6.07 Å². The summed E-state index contributed by atoms with van der Waals surface area (Å²) in [5, 5.41) is 26.3. The number of pyridine rings is 1. The van der Waals surface area contributed by atoms with E-state index in [4.69, 9.17) is 17.7 Å². The Morgan fingerprint density at radius 3 is 2.77 bits per heavy atom. The summed E-state index contributed by atoms with van der Waals surface area (Å²) in [7, 11) is 0. The summed E-state index contributed by atoms with van der Waals surface area (Å²) in [4.78, 5) is 27.1. The number of thiophene rings is 1. The van der Waals surface area contributed by atoms with Gasteiger partial charge in [0.2, 0.25) is 5.95 Å². The van der Waals surface area contributed by atoms with E-state index in [-0.39, 0.29) is 69.7 Å². The molecule has 6 rings (SSSR count). The Bertz CT molecular complexity index is 2050. The molecule has 2 aliphatic rings. The number of amides is 1. The molecule has 0 radical (unpaired) electrons. The zero-order valence-corrected chi connectivity index (χ0v) is 24.6. The minimum Gasteiger partial charge on any atom is -0.444 e. The van der Waals surface area contributed by atoms with Crippen LogP contribution in [-0.2, 0) is 22.7 Å². The number of hydrogen-bond acceptors (Lipinski definition) is 11. The number of fused-ring (bicyclic) bond motifs is 4. The van der Waals surface area contributed by atoms with E-state index < -0.39 is 55.2 Å². The number of aliphatic hydroxyl groups is 1. The number of ether oxygens (including phenoxy) is 2. The molecule has 3 N–H and O–H groups in total. The summed E-state index contributed by atoms with van der Waals surface area (Å²) in [6.07, 6.45) is 0.205. The molecule has 0 unspecified atom stereocenters. The molecule has 1 aromatic carbocycles. The molecule has 0 spiro atoms. The summed E-state index contributed by atoms with van der Waals surface area (Å²) < 4.78 is 89.1. The number of β-amino-alcohol motifs (C(OH)–C–C–N with tert-alkyl or cyclic N) is 1. The number of anilines is 2. The SMILES string of the molecule is [2H]C([2H])([2H])C(N[C@@H]1CN(c2ncc3c4c(c(-c5ncc(F)c6sc(NC(=O)OC(C)(C)C)c(C#N)c56)c(F)c3n2)COC4)C[C@H]1O)C([2H])([2H])[2H].